The fourth-order valence-corrected chi connectivity index (χ4v) is 2.59. The van der Waals surface area contributed by atoms with Crippen LogP contribution in [0.25, 0.3) is 0 Å². The van der Waals surface area contributed by atoms with Crippen LogP contribution in [0.2, 0.25) is 5.02 Å². The van der Waals surface area contributed by atoms with Crippen LogP contribution in [-0.4, -0.2) is 23.2 Å². The van der Waals surface area contributed by atoms with E-state index in [4.69, 9.17) is 23.2 Å². The van der Waals surface area contributed by atoms with Gasteiger partial charge < -0.3 is 4.90 Å². The lowest BCUT2D eigenvalue weighted by Crippen LogP contribution is -2.36. The summed E-state index contributed by atoms with van der Waals surface area (Å²) >= 11 is 11.7. The van der Waals surface area contributed by atoms with Crippen molar-refractivity contribution in [3.05, 3.63) is 33.8 Å². The topological polar surface area (TPSA) is 20.3 Å². The van der Waals surface area contributed by atoms with Gasteiger partial charge in [0.1, 0.15) is 5.88 Å². The summed E-state index contributed by atoms with van der Waals surface area (Å²) in [6.45, 7) is 3.35. The first-order chi connectivity index (χ1) is 7.61. The molecule has 0 aliphatic carbocycles. The third kappa shape index (κ3) is 2.18. The quantitative estimate of drug-likeness (QED) is 0.709. The zero-order valence-corrected chi connectivity index (χ0v) is 10.6. The molecule has 0 aromatic heterocycles. The minimum atomic E-state index is -0.0241. The maximum atomic E-state index is 11.5. The Morgan fingerprint density at radius 1 is 1.50 bits per heavy atom. The predicted octanol–water partition coefficient (Wildman–Crippen LogP) is 2.77. The van der Waals surface area contributed by atoms with Gasteiger partial charge in [0.25, 0.3) is 0 Å². The molecule has 86 valence electrons. The lowest BCUT2D eigenvalue weighted by molar-refractivity contribution is -0.129. The van der Waals surface area contributed by atoms with Crippen molar-refractivity contribution in [3.63, 3.8) is 0 Å². The van der Waals surface area contributed by atoms with Crippen LogP contribution in [0, 0.1) is 6.92 Å². The molecule has 16 heavy (non-hydrogen) atoms. The highest BCUT2D eigenvalue weighted by molar-refractivity contribution is 6.31. The Labute approximate surface area is 105 Å². The molecule has 1 aliphatic rings. The van der Waals surface area contributed by atoms with Crippen molar-refractivity contribution in [2.75, 3.05) is 12.4 Å². The van der Waals surface area contributed by atoms with Crippen LogP contribution in [0.1, 0.15) is 16.7 Å². The van der Waals surface area contributed by atoms with Crippen LogP contribution in [-0.2, 0) is 17.8 Å². The molecule has 2 rings (SSSR count). The van der Waals surface area contributed by atoms with Gasteiger partial charge in [-0.3, -0.25) is 4.79 Å². The van der Waals surface area contributed by atoms with Crippen molar-refractivity contribution >= 4 is 29.1 Å². The molecular formula is C12H13Cl2NO. The molecule has 0 bridgehead atoms. The number of nitrogens with zero attached hydrogens (tertiary/aromatic N) is 1. The Balaban J connectivity index is 2.30. The highest BCUT2D eigenvalue weighted by atomic mass is 35.5. The Kier molecular flexibility index (Phi) is 3.41. The van der Waals surface area contributed by atoms with E-state index in [1.54, 1.807) is 4.90 Å². The standard InChI is InChI=1S/C12H13Cl2NO/c1-8-4-9-2-3-15(12(16)6-13)7-10(9)11(14)5-8/h4-5H,2-3,6-7H2,1H3. The SMILES string of the molecule is Cc1cc(Cl)c2c(c1)CCN(C(=O)CCl)C2. The zero-order valence-electron chi connectivity index (χ0n) is 9.09. The number of carbonyl (C=O) groups is 1. The Morgan fingerprint density at radius 3 is 2.94 bits per heavy atom. The molecule has 1 amide bonds. The molecule has 1 aliphatic heterocycles. The average molecular weight is 258 g/mol. The van der Waals surface area contributed by atoms with Crippen molar-refractivity contribution in [2.24, 2.45) is 0 Å². The number of rotatable bonds is 1. The first-order valence-electron chi connectivity index (χ1n) is 5.23. The van der Waals surface area contributed by atoms with Gasteiger partial charge in [0, 0.05) is 18.1 Å². The predicted molar refractivity (Wildman–Crippen MR) is 66.0 cm³/mol. The number of hydrogen-bond acceptors (Lipinski definition) is 1. The molecule has 4 heteroatoms. The summed E-state index contributed by atoms with van der Waals surface area (Å²) < 4.78 is 0. The fraction of sp³-hybridized carbons (Fsp3) is 0.417. The van der Waals surface area contributed by atoms with Gasteiger partial charge in [-0.15, -0.1) is 11.6 Å². The van der Waals surface area contributed by atoms with Crippen molar-refractivity contribution in [1.82, 2.24) is 4.90 Å². The second-order valence-electron chi connectivity index (χ2n) is 4.08. The number of benzene rings is 1. The van der Waals surface area contributed by atoms with Crippen molar-refractivity contribution < 1.29 is 4.79 Å². The fourth-order valence-electron chi connectivity index (χ4n) is 2.07. The van der Waals surface area contributed by atoms with Gasteiger partial charge in [-0.25, -0.2) is 0 Å². The Hall–Kier alpha value is -0.730. The number of halogens is 2. The third-order valence-corrected chi connectivity index (χ3v) is 3.47. The van der Waals surface area contributed by atoms with E-state index in [2.05, 4.69) is 6.07 Å². The van der Waals surface area contributed by atoms with Crippen LogP contribution in [0.3, 0.4) is 0 Å². The van der Waals surface area contributed by atoms with E-state index in [1.807, 2.05) is 13.0 Å². The van der Waals surface area contributed by atoms with E-state index in [0.717, 1.165) is 23.6 Å². The molecule has 2 nitrogen and oxygen atoms in total. The highest BCUT2D eigenvalue weighted by Gasteiger charge is 2.21. The normalized spacial score (nSPS) is 14.8. The molecule has 0 N–H and O–H groups in total. The van der Waals surface area contributed by atoms with Gasteiger partial charge in [-0.05, 0) is 36.1 Å². The Morgan fingerprint density at radius 2 is 2.25 bits per heavy atom. The van der Waals surface area contributed by atoms with Crippen LogP contribution in [0.5, 0.6) is 0 Å². The molecule has 0 fully saturated rings. The van der Waals surface area contributed by atoms with Crippen LogP contribution >= 0.6 is 23.2 Å². The molecule has 0 spiro atoms. The van der Waals surface area contributed by atoms with Gasteiger partial charge in [0.2, 0.25) is 5.91 Å². The monoisotopic (exact) mass is 257 g/mol. The van der Waals surface area contributed by atoms with E-state index in [-0.39, 0.29) is 11.8 Å². The lowest BCUT2D eigenvalue weighted by atomic mass is 9.97. The van der Waals surface area contributed by atoms with Crippen molar-refractivity contribution in [1.29, 1.82) is 0 Å². The molecule has 1 aromatic rings. The summed E-state index contributed by atoms with van der Waals surface area (Å²) in [6, 6.07) is 4.08. The molecule has 1 heterocycles. The molecule has 0 unspecified atom stereocenters. The molecule has 1 aromatic carbocycles. The smallest absolute Gasteiger partial charge is 0.237 e. The van der Waals surface area contributed by atoms with Gasteiger partial charge >= 0.3 is 0 Å². The number of carbonyl (C=O) groups excluding carboxylic acids is 1. The molecule has 0 atom stereocenters. The average Bonchev–Trinajstić information content (AvgIpc) is 2.27. The van der Waals surface area contributed by atoms with Crippen LogP contribution < -0.4 is 0 Å². The molecule has 0 saturated heterocycles. The van der Waals surface area contributed by atoms with Crippen LogP contribution in [0.15, 0.2) is 12.1 Å². The molecule has 0 saturated carbocycles. The summed E-state index contributed by atoms with van der Waals surface area (Å²) in [4.78, 5) is 13.3. The number of alkyl halides is 1. The summed E-state index contributed by atoms with van der Waals surface area (Å²) in [5, 5.41) is 0.752. The number of aryl methyl sites for hydroxylation is 1. The maximum Gasteiger partial charge on any atom is 0.237 e. The van der Waals surface area contributed by atoms with E-state index in [1.165, 1.54) is 11.1 Å². The first-order valence-corrected chi connectivity index (χ1v) is 6.14. The Bertz CT molecular complexity index is 431. The third-order valence-electron chi connectivity index (χ3n) is 2.90. The number of fused-ring (bicyclic) bond motifs is 1. The van der Waals surface area contributed by atoms with Gasteiger partial charge in [0.15, 0.2) is 0 Å². The first kappa shape index (κ1) is 11.7. The van der Waals surface area contributed by atoms with E-state index in [0.29, 0.717) is 6.54 Å². The summed E-state index contributed by atoms with van der Waals surface area (Å²) in [7, 11) is 0. The summed E-state index contributed by atoms with van der Waals surface area (Å²) in [5.41, 5.74) is 3.49. The second-order valence-corrected chi connectivity index (χ2v) is 4.76. The number of hydrogen-bond donors (Lipinski definition) is 0. The second kappa shape index (κ2) is 4.64. The summed E-state index contributed by atoms with van der Waals surface area (Å²) in [6.07, 6.45) is 0.860. The van der Waals surface area contributed by atoms with E-state index >= 15 is 0 Å². The van der Waals surface area contributed by atoms with E-state index in [9.17, 15) is 4.79 Å². The van der Waals surface area contributed by atoms with Crippen molar-refractivity contribution in [2.45, 2.75) is 19.9 Å². The highest BCUT2D eigenvalue weighted by Crippen LogP contribution is 2.27. The zero-order chi connectivity index (χ0) is 11.7. The maximum absolute atomic E-state index is 11.5. The largest absolute Gasteiger partial charge is 0.337 e. The van der Waals surface area contributed by atoms with Gasteiger partial charge in [0.05, 0.1) is 0 Å². The molecular weight excluding hydrogens is 245 g/mol. The lowest BCUT2D eigenvalue weighted by Gasteiger charge is -2.29. The summed E-state index contributed by atoms with van der Waals surface area (Å²) in [5.74, 6) is 0.0164. The number of amides is 1. The van der Waals surface area contributed by atoms with E-state index < -0.39 is 0 Å². The van der Waals surface area contributed by atoms with Crippen molar-refractivity contribution in [3.8, 4) is 0 Å². The minimum Gasteiger partial charge on any atom is -0.337 e. The van der Waals surface area contributed by atoms with Crippen LogP contribution in [0.4, 0.5) is 0 Å². The van der Waals surface area contributed by atoms with Gasteiger partial charge in [-0.2, -0.15) is 0 Å². The van der Waals surface area contributed by atoms with Gasteiger partial charge in [-0.1, -0.05) is 17.7 Å². The minimum absolute atomic E-state index is 0.0241. The molecule has 0 radical (unpaired) electrons.